The Morgan fingerprint density at radius 2 is 1.81 bits per heavy atom. The third kappa shape index (κ3) is 3.82. The summed E-state index contributed by atoms with van der Waals surface area (Å²) in [6, 6.07) is 6.22. The fourth-order valence-corrected chi connectivity index (χ4v) is 2.98. The van der Waals surface area contributed by atoms with Crippen LogP contribution >= 0.6 is 11.8 Å². The number of carbonyl (C=O) groups excluding carboxylic acids is 1. The number of anilines is 1. The van der Waals surface area contributed by atoms with Gasteiger partial charge in [-0.05, 0) is 23.0 Å². The molecule has 1 heterocycles. The van der Waals surface area contributed by atoms with Gasteiger partial charge >= 0.3 is 0 Å². The number of carbonyl (C=O) groups is 1. The molecule has 0 aromatic heterocycles. The molecule has 21 heavy (non-hydrogen) atoms. The van der Waals surface area contributed by atoms with Crippen molar-refractivity contribution in [2.45, 2.75) is 39.5 Å². The van der Waals surface area contributed by atoms with Crippen molar-refractivity contribution in [2.75, 3.05) is 17.7 Å². The van der Waals surface area contributed by atoms with Crippen molar-refractivity contribution in [3.8, 4) is 0 Å². The molecule has 0 spiro atoms. The highest BCUT2D eigenvalue weighted by Gasteiger charge is 2.19. The van der Waals surface area contributed by atoms with Crippen LogP contribution in [0.25, 0.3) is 0 Å². The van der Waals surface area contributed by atoms with Gasteiger partial charge in [0.15, 0.2) is 5.76 Å². The van der Waals surface area contributed by atoms with E-state index in [2.05, 4.69) is 51.2 Å². The van der Waals surface area contributed by atoms with Crippen LogP contribution in [-0.2, 0) is 9.53 Å². The van der Waals surface area contributed by atoms with Gasteiger partial charge in [-0.3, -0.25) is 4.79 Å². The molecule has 2 rings (SSSR count). The Balaban J connectivity index is 2.33. The van der Waals surface area contributed by atoms with Crippen LogP contribution in [-0.4, -0.2) is 18.3 Å². The van der Waals surface area contributed by atoms with E-state index in [4.69, 9.17) is 4.74 Å². The van der Waals surface area contributed by atoms with Crippen molar-refractivity contribution in [2.24, 2.45) is 0 Å². The topological polar surface area (TPSA) is 38.3 Å². The monoisotopic (exact) mass is 305 g/mol. The number of ether oxygens (including phenoxy) is 1. The SMILES string of the molecule is CC(C)c1cccc(C(C)C)c1NC(=O)C1=CSCCO1. The minimum Gasteiger partial charge on any atom is -0.487 e. The zero-order valence-electron chi connectivity index (χ0n) is 13.1. The lowest BCUT2D eigenvalue weighted by atomic mass is 9.92. The average molecular weight is 305 g/mol. The van der Waals surface area contributed by atoms with Gasteiger partial charge in [-0.25, -0.2) is 0 Å². The first-order valence-electron chi connectivity index (χ1n) is 7.39. The Labute approximate surface area is 131 Å². The van der Waals surface area contributed by atoms with Crippen LogP contribution in [0, 0.1) is 0 Å². The van der Waals surface area contributed by atoms with Gasteiger partial charge in [0, 0.05) is 16.8 Å². The second-order valence-electron chi connectivity index (χ2n) is 5.78. The standard InChI is InChI=1S/C17H23NO2S/c1-11(2)13-6-5-7-14(12(3)4)16(13)18-17(19)15-10-21-9-8-20-15/h5-7,10-12H,8-9H2,1-4H3,(H,18,19). The lowest BCUT2D eigenvalue weighted by Crippen LogP contribution is -2.21. The van der Waals surface area contributed by atoms with Gasteiger partial charge < -0.3 is 10.1 Å². The summed E-state index contributed by atoms with van der Waals surface area (Å²) < 4.78 is 5.44. The van der Waals surface area contributed by atoms with Crippen molar-refractivity contribution in [1.29, 1.82) is 0 Å². The lowest BCUT2D eigenvalue weighted by Gasteiger charge is -2.21. The van der Waals surface area contributed by atoms with E-state index in [1.54, 1.807) is 17.2 Å². The Hall–Kier alpha value is -1.42. The first kappa shape index (κ1) is 16.0. The predicted molar refractivity (Wildman–Crippen MR) is 89.7 cm³/mol. The molecule has 3 nitrogen and oxygen atoms in total. The molecule has 1 N–H and O–H groups in total. The predicted octanol–water partition coefficient (Wildman–Crippen LogP) is 4.48. The van der Waals surface area contributed by atoms with Crippen LogP contribution in [0.3, 0.4) is 0 Å². The lowest BCUT2D eigenvalue weighted by molar-refractivity contribution is -0.116. The summed E-state index contributed by atoms with van der Waals surface area (Å²) in [7, 11) is 0. The van der Waals surface area contributed by atoms with E-state index in [1.807, 2.05) is 0 Å². The summed E-state index contributed by atoms with van der Waals surface area (Å²) in [5, 5.41) is 4.86. The van der Waals surface area contributed by atoms with Gasteiger partial charge in [0.2, 0.25) is 0 Å². The molecule has 1 aliphatic heterocycles. The fraction of sp³-hybridized carbons (Fsp3) is 0.471. The molecule has 0 unspecified atom stereocenters. The van der Waals surface area contributed by atoms with Gasteiger partial charge in [0.1, 0.15) is 0 Å². The summed E-state index contributed by atoms with van der Waals surface area (Å²) in [5.41, 5.74) is 3.27. The van der Waals surface area contributed by atoms with Gasteiger partial charge in [0.25, 0.3) is 5.91 Å². The second kappa shape index (κ2) is 7.03. The molecule has 0 bridgehead atoms. The Bertz CT molecular complexity index is 523. The van der Waals surface area contributed by atoms with E-state index in [0.29, 0.717) is 24.2 Å². The Morgan fingerprint density at radius 1 is 1.19 bits per heavy atom. The number of thioether (sulfide) groups is 1. The summed E-state index contributed by atoms with van der Waals surface area (Å²) in [5.74, 6) is 1.87. The highest BCUT2D eigenvalue weighted by molar-refractivity contribution is 8.02. The molecular weight excluding hydrogens is 282 g/mol. The number of hydrogen-bond donors (Lipinski definition) is 1. The van der Waals surface area contributed by atoms with E-state index in [9.17, 15) is 4.79 Å². The van der Waals surface area contributed by atoms with Gasteiger partial charge in [0.05, 0.1) is 6.61 Å². The van der Waals surface area contributed by atoms with Gasteiger partial charge in [-0.15, -0.1) is 11.8 Å². The summed E-state index contributed by atoms with van der Waals surface area (Å²) in [4.78, 5) is 12.4. The van der Waals surface area contributed by atoms with E-state index in [1.165, 1.54) is 11.1 Å². The number of rotatable bonds is 4. The molecule has 0 saturated carbocycles. The first-order chi connectivity index (χ1) is 10.0. The van der Waals surface area contributed by atoms with Crippen molar-refractivity contribution in [3.63, 3.8) is 0 Å². The maximum absolute atomic E-state index is 12.4. The van der Waals surface area contributed by atoms with Crippen LogP contribution < -0.4 is 5.32 Å². The molecule has 0 saturated heterocycles. The van der Waals surface area contributed by atoms with Gasteiger partial charge in [-0.1, -0.05) is 45.9 Å². The van der Waals surface area contributed by atoms with Crippen molar-refractivity contribution in [1.82, 2.24) is 0 Å². The van der Waals surface area contributed by atoms with Crippen molar-refractivity contribution >= 4 is 23.4 Å². The molecule has 1 aromatic carbocycles. The first-order valence-corrected chi connectivity index (χ1v) is 8.44. The molecule has 0 atom stereocenters. The zero-order chi connectivity index (χ0) is 15.4. The second-order valence-corrected chi connectivity index (χ2v) is 6.75. The summed E-state index contributed by atoms with van der Waals surface area (Å²) in [6.07, 6.45) is 0. The fourth-order valence-electron chi connectivity index (χ4n) is 2.36. The van der Waals surface area contributed by atoms with Crippen LogP contribution in [0.4, 0.5) is 5.69 Å². The third-order valence-corrected chi connectivity index (χ3v) is 4.27. The highest BCUT2D eigenvalue weighted by atomic mass is 32.2. The summed E-state index contributed by atoms with van der Waals surface area (Å²) in [6.45, 7) is 9.15. The normalized spacial score (nSPS) is 14.9. The molecule has 1 aromatic rings. The molecule has 114 valence electrons. The largest absolute Gasteiger partial charge is 0.487 e. The molecule has 1 aliphatic rings. The number of nitrogens with one attached hydrogen (secondary N) is 1. The molecule has 0 fully saturated rings. The molecule has 4 heteroatoms. The Morgan fingerprint density at radius 3 is 2.29 bits per heavy atom. The number of para-hydroxylation sites is 1. The molecule has 1 amide bonds. The van der Waals surface area contributed by atoms with Crippen LogP contribution in [0.2, 0.25) is 0 Å². The maximum Gasteiger partial charge on any atom is 0.291 e. The van der Waals surface area contributed by atoms with Gasteiger partial charge in [-0.2, -0.15) is 0 Å². The Kier molecular flexibility index (Phi) is 5.34. The number of benzene rings is 1. The van der Waals surface area contributed by atoms with Crippen LogP contribution in [0.15, 0.2) is 29.4 Å². The van der Waals surface area contributed by atoms with Crippen LogP contribution in [0.5, 0.6) is 0 Å². The number of hydrogen-bond acceptors (Lipinski definition) is 3. The van der Waals surface area contributed by atoms with Crippen molar-refractivity contribution in [3.05, 3.63) is 40.5 Å². The average Bonchev–Trinajstić information content (AvgIpc) is 2.47. The van der Waals surface area contributed by atoms with Crippen LogP contribution in [0.1, 0.15) is 50.7 Å². The summed E-state index contributed by atoms with van der Waals surface area (Å²) >= 11 is 1.62. The number of amides is 1. The maximum atomic E-state index is 12.4. The van der Waals surface area contributed by atoms with E-state index < -0.39 is 0 Å². The minimum atomic E-state index is -0.155. The zero-order valence-corrected chi connectivity index (χ0v) is 13.9. The smallest absolute Gasteiger partial charge is 0.291 e. The third-order valence-electron chi connectivity index (χ3n) is 3.48. The molecule has 0 aliphatic carbocycles. The molecule has 0 radical (unpaired) electrons. The minimum absolute atomic E-state index is 0.155. The van der Waals surface area contributed by atoms with E-state index in [-0.39, 0.29) is 5.91 Å². The van der Waals surface area contributed by atoms with Crippen molar-refractivity contribution < 1.29 is 9.53 Å². The highest BCUT2D eigenvalue weighted by Crippen LogP contribution is 2.33. The van der Waals surface area contributed by atoms with E-state index in [0.717, 1.165) is 11.4 Å². The quantitative estimate of drug-likeness (QED) is 0.891. The molecular formula is C17H23NO2S. The van der Waals surface area contributed by atoms with E-state index >= 15 is 0 Å².